The third kappa shape index (κ3) is 3.18. The van der Waals surface area contributed by atoms with Crippen LogP contribution in [0.1, 0.15) is 12.8 Å². The number of thiazole rings is 1. The van der Waals surface area contributed by atoms with Gasteiger partial charge in [-0.05, 0) is 12.8 Å². The summed E-state index contributed by atoms with van der Waals surface area (Å²) in [7, 11) is 0. The van der Waals surface area contributed by atoms with Gasteiger partial charge in [0.2, 0.25) is 11.8 Å². The molecular formula is C11H12N6O2S. The molecule has 0 radical (unpaired) electrons. The van der Waals surface area contributed by atoms with Crippen LogP contribution in [0.2, 0.25) is 0 Å². The van der Waals surface area contributed by atoms with Crippen LogP contribution in [0.3, 0.4) is 0 Å². The Morgan fingerprint density at radius 3 is 2.95 bits per heavy atom. The van der Waals surface area contributed by atoms with Crippen LogP contribution in [-0.2, 0) is 16.1 Å². The summed E-state index contributed by atoms with van der Waals surface area (Å²) in [5.74, 6) is 0.187. The maximum Gasteiger partial charge on any atom is 0.247 e. The van der Waals surface area contributed by atoms with Gasteiger partial charge in [0.05, 0.1) is 6.20 Å². The van der Waals surface area contributed by atoms with Crippen molar-refractivity contribution in [3.05, 3.63) is 17.8 Å². The van der Waals surface area contributed by atoms with Crippen molar-refractivity contribution in [2.24, 2.45) is 5.92 Å². The normalized spacial score (nSPS) is 14.0. The maximum atomic E-state index is 11.7. The molecule has 2 aromatic rings. The van der Waals surface area contributed by atoms with E-state index in [-0.39, 0.29) is 24.3 Å². The van der Waals surface area contributed by atoms with Crippen LogP contribution in [0.5, 0.6) is 0 Å². The molecule has 2 amide bonds. The summed E-state index contributed by atoms with van der Waals surface area (Å²) < 4.78 is 1.37. The Kier molecular flexibility index (Phi) is 3.42. The zero-order valence-corrected chi connectivity index (χ0v) is 11.3. The van der Waals surface area contributed by atoms with Gasteiger partial charge in [-0.1, -0.05) is 5.21 Å². The second-order valence-electron chi connectivity index (χ2n) is 4.45. The van der Waals surface area contributed by atoms with E-state index in [2.05, 4.69) is 25.9 Å². The van der Waals surface area contributed by atoms with Crippen molar-refractivity contribution < 1.29 is 9.59 Å². The van der Waals surface area contributed by atoms with Gasteiger partial charge in [0.25, 0.3) is 0 Å². The Labute approximate surface area is 118 Å². The number of carbonyl (C=O) groups is 2. The quantitative estimate of drug-likeness (QED) is 0.845. The van der Waals surface area contributed by atoms with Gasteiger partial charge in [-0.15, -0.1) is 16.4 Å². The minimum atomic E-state index is -0.245. The van der Waals surface area contributed by atoms with Crippen molar-refractivity contribution in [2.75, 3.05) is 10.6 Å². The summed E-state index contributed by atoms with van der Waals surface area (Å²) >= 11 is 1.34. The SMILES string of the molecule is O=C(Cn1cc(NC(=O)C2CC2)nn1)Nc1nccs1. The van der Waals surface area contributed by atoms with E-state index in [0.717, 1.165) is 12.8 Å². The first-order valence-corrected chi connectivity index (χ1v) is 6.99. The number of carbonyl (C=O) groups excluding carboxylic acids is 2. The highest BCUT2D eigenvalue weighted by atomic mass is 32.1. The molecule has 0 saturated heterocycles. The number of nitrogens with zero attached hydrogens (tertiary/aromatic N) is 4. The molecule has 1 fully saturated rings. The molecular weight excluding hydrogens is 280 g/mol. The lowest BCUT2D eigenvalue weighted by Gasteiger charge is -2.00. The van der Waals surface area contributed by atoms with Crippen LogP contribution in [0.15, 0.2) is 17.8 Å². The van der Waals surface area contributed by atoms with Crippen molar-refractivity contribution >= 4 is 34.1 Å². The third-order valence-corrected chi connectivity index (χ3v) is 3.41. The monoisotopic (exact) mass is 292 g/mol. The standard InChI is InChI=1S/C11H12N6O2S/c18-9(14-11-12-3-4-20-11)6-17-5-8(15-16-17)13-10(19)7-1-2-7/h3-5,7H,1-2,6H2,(H,13,19)(H,12,14,18). The number of hydrogen-bond acceptors (Lipinski definition) is 6. The largest absolute Gasteiger partial charge is 0.308 e. The fourth-order valence-corrected chi connectivity index (χ4v) is 2.14. The van der Waals surface area contributed by atoms with Crippen LogP contribution in [-0.4, -0.2) is 31.8 Å². The van der Waals surface area contributed by atoms with E-state index in [1.54, 1.807) is 11.6 Å². The van der Waals surface area contributed by atoms with Crippen molar-refractivity contribution in [1.82, 2.24) is 20.0 Å². The average Bonchev–Trinajstić information content (AvgIpc) is 2.99. The highest BCUT2D eigenvalue weighted by molar-refractivity contribution is 7.13. The molecule has 2 aromatic heterocycles. The topological polar surface area (TPSA) is 102 Å². The molecule has 0 bridgehead atoms. The molecule has 1 aliphatic rings. The van der Waals surface area contributed by atoms with Gasteiger partial charge in [-0.3, -0.25) is 9.59 Å². The fraction of sp³-hybridized carbons (Fsp3) is 0.364. The molecule has 0 unspecified atom stereocenters. The summed E-state index contributed by atoms with van der Waals surface area (Å²) in [6.07, 6.45) is 5.00. The summed E-state index contributed by atoms with van der Waals surface area (Å²) in [6, 6.07) is 0. The highest BCUT2D eigenvalue weighted by Gasteiger charge is 2.30. The van der Waals surface area contributed by atoms with Gasteiger partial charge in [0.1, 0.15) is 6.54 Å². The number of nitrogens with one attached hydrogen (secondary N) is 2. The van der Waals surface area contributed by atoms with Crippen LogP contribution >= 0.6 is 11.3 Å². The second-order valence-corrected chi connectivity index (χ2v) is 5.34. The molecule has 0 aromatic carbocycles. The van der Waals surface area contributed by atoms with E-state index in [4.69, 9.17) is 0 Å². The predicted octanol–water partition coefficient (Wildman–Crippen LogP) is 0.722. The molecule has 3 rings (SSSR count). The van der Waals surface area contributed by atoms with Crippen molar-refractivity contribution in [1.29, 1.82) is 0 Å². The van der Waals surface area contributed by atoms with Crippen molar-refractivity contribution in [2.45, 2.75) is 19.4 Å². The van der Waals surface area contributed by atoms with E-state index < -0.39 is 0 Å². The molecule has 9 heteroatoms. The zero-order chi connectivity index (χ0) is 13.9. The van der Waals surface area contributed by atoms with Crippen LogP contribution in [0, 0.1) is 5.92 Å². The Bertz CT molecular complexity index is 619. The summed E-state index contributed by atoms with van der Waals surface area (Å²) in [6.45, 7) is 0.0197. The minimum absolute atomic E-state index is 0.0197. The van der Waals surface area contributed by atoms with E-state index in [1.807, 2.05) is 0 Å². The lowest BCUT2D eigenvalue weighted by Crippen LogP contribution is -2.19. The van der Waals surface area contributed by atoms with Crippen LogP contribution in [0.4, 0.5) is 10.9 Å². The van der Waals surface area contributed by atoms with E-state index in [1.165, 1.54) is 22.2 Å². The average molecular weight is 292 g/mol. The number of amides is 2. The molecule has 0 aliphatic heterocycles. The molecule has 104 valence electrons. The van der Waals surface area contributed by atoms with E-state index in [9.17, 15) is 9.59 Å². The Hall–Kier alpha value is -2.29. The maximum absolute atomic E-state index is 11.7. The Balaban J connectivity index is 1.53. The molecule has 0 spiro atoms. The van der Waals surface area contributed by atoms with E-state index in [0.29, 0.717) is 10.9 Å². The predicted molar refractivity (Wildman–Crippen MR) is 72.1 cm³/mol. The van der Waals surface area contributed by atoms with Crippen molar-refractivity contribution in [3.63, 3.8) is 0 Å². The zero-order valence-electron chi connectivity index (χ0n) is 10.4. The number of rotatable bonds is 5. The Morgan fingerprint density at radius 1 is 1.40 bits per heavy atom. The lowest BCUT2D eigenvalue weighted by atomic mass is 10.4. The summed E-state index contributed by atoms with van der Waals surface area (Å²) in [5.41, 5.74) is 0. The smallest absolute Gasteiger partial charge is 0.247 e. The van der Waals surface area contributed by atoms with Gasteiger partial charge in [0, 0.05) is 17.5 Å². The molecule has 0 atom stereocenters. The number of aromatic nitrogens is 4. The molecule has 20 heavy (non-hydrogen) atoms. The number of anilines is 2. The van der Waals surface area contributed by atoms with Gasteiger partial charge in [0.15, 0.2) is 10.9 Å². The molecule has 2 heterocycles. The van der Waals surface area contributed by atoms with Gasteiger partial charge < -0.3 is 10.6 Å². The first-order chi connectivity index (χ1) is 9.70. The highest BCUT2D eigenvalue weighted by Crippen LogP contribution is 2.29. The summed E-state index contributed by atoms with van der Waals surface area (Å²) in [5, 5.41) is 15.2. The van der Waals surface area contributed by atoms with Crippen LogP contribution < -0.4 is 10.6 Å². The summed E-state index contributed by atoms with van der Waals surface area (Å²) in [4.78, 5) is 27.2. The molecule has 1 saturated carbocycles. The molecule has 2 N–H and O–H groups in total. The van der Waals surface area contributed by atoms with Gasteiger partial charge in [-0.2, -0.15) is 0 Å². The fourth-order valence-electron chi connectivity index (χ4n) is 1.60. The number of hydrogen-bond donors (Lipinski definition) is 2. The van der Waals surface area contributed by atoms with Crippen molar-refractivity contribution in [3.8, 4) is 0 Å². The first-order valence-electron chi connectivity index (χ1n) is 6.11. The molecule has 8 nitrogen and oxygen atoms in total. The molecule has 1 aliphatic carbocycles. The first kappa shape index (κ1) is 12.7. The van der Waals surface area contributed by atoms with Gasteiger partial charge >= 0.3 is 0 Å². The van der Waals surface area contributed by atoms with E-state index >= 15 is 0 Å². The lowest BCUT2D eigenvalue weighted by molar-refractivity contribution is -0.117. The minimum Gasteiger partial charge on any atom is -0.308 e. The van der Waals surface area contributed by atoms with Gasteiger partial charge in [-0.25, -0.2) is 9.67 Å². The van der Waals surface area contributed by atoms with Crippen LogP contribution in [0.25, 0.3) is 0 Å². The third-order valence-electron chi connectivity index (χ3n) is 2.72. The Morgan fingerprint density at radius 2 is 2.25 bits per heavy atom. The second kappa shape index (κ2) is 5.37.